The molecule has 0 spiro atoms. The predicted octanol–water partition coefficient (Wildman–Crippen LogP) is 4.01. The van der Waals surface area contributed by atoms with Crippen molar-refractivity contribution < 1.29 is 18.0 Å². The standard InChI is InChI=1S/C18H21F3N2OS/c19-18(20,21)25-16-6-3-14(4-7-16)5-8-17(24)23-12-9-15(13-23)22-10-1-2-11-22/h3-8,15H,1-2,9-13H2/b8-5+. The maximum absolute atomic E-state index is 12.3. The topological polar surface area (TPSA) is 23.6 Å². The van der Waals surface area contributed by atoms with Gasteiger partial charge in [0.2, 0.25) is 5.91 Å². The van der Waals surface area contributed by atoms with Crippen LogP contribution < -0.4 is 0 Å². The third-order valence-corrected chi connectivity index (χ3v) is 5.40. The summed E-state index contributed by atoms with van der Waals surface area (Å²) in [6.45, 7) is 3.80. The molecular weight excluding hydrogens is 349 g/mol. The zero-order valence-corrected chi connectivity index (χ0v) is 14.7. The summed E-state index contributed by atoms with van der Waals surface area (Å²) in [5.41, 5.74) is -3.57. The molecule has 0 saturated carbocycles. The lowest BCUT2D eigenvalue weighted by Crippen LogP contribution is -2.36. The lowest BCUT2D eigenvalue weighted by Gasteiger charge is -2.23. The summed E-state index contributed by atoms with van der Waals surface area (Å²) in [7, 11) is 0. The van der Waals surface area contributed by atoms with Crippen molar-refractivity contribution >= 4 is 23.7 Å². The van der Waals surface area contributed by atoms with Crippen LogP contribution in [-0.2, 0) is 4.79 Å². The van der Waals surface area contributed by atoms with E-state index in [1.807, 2.05) is 4.90 Å². The Balaban J connectivity index is 1.52. The van der Waals surface area contributed by atoms with Crippen molar-refractivity contribution in [1.82, 2.24) is 9.80 Å². The molecule has 3 rings (SSSR count). The van der Waals surface area contributed by atoms with Gasteiger partial charge in [0.05, 0.1) is 0 Å². The Hall–Kier alpha value is -1.47. The quantitative estimate of drug-likeness (QED) is 0.591. The van der Waals surface area contributed by atoms with Gasteiger partial charge in [-0.15, -0.1) is 0 Å². The van der Waals surface area contributed by atoms with Gasteiger partial charge in [0.15, 0.2) is 0 Å². The molecule has 0 bridgehead atoms. The van der Waals surface area contributed by atoms with Crippen LogP contribution in [0.25, 0.3) is 6.08 Å². The van der Waals surface area contributed by atoms with Crippen LogP contribution >= 0.6 is 11.8 Å². The normalized spacial score (nSPS) is 22.2. The Morgan fingerprint density at radius 3 is 2.44 bits per heavy atom. The first kappa shape index (κ1) is 18.3. The summed E-state index contributed by atoms with van der Waals surface area (Å²) in [5, 5.41) is 0. The van der Waals surface area contributed by atoms with Gasteiger partial charge in [0.1, 0.15) is 0 Å². The summed E-state index contributed by atoms with van der Waals surface area (Å²) < 4.78 is 36.9. The van der Waals surface area contributed by atoms with Crippen LogP contribution in [0.1, 0.15) is 24.8 Å². The van der Waals surface area contributed by atoms with Crippen molar-refractivity contribution in [2.24, 2.45) is 0 Å². The molecule has 0 N–H and O–H groups in total. The first-order valence-corrected chi connectivity index (χ1v) is 9.29. The molecule has 2 fully saturated rings. The van der Waals surface area contributed by atoms with Gasteiger partial charge in [-0.25, -0.2) is 0 Å². The maximum atomic E-state index is 12.3. The molecule has 2 heterocycles. The molecule has 2 aliphatic heterocycles. The van der Waals surface area contributed by atoms with Gasteiger partial charge in [-0.3, -0.25) is 9.69 Å². The lowest BCUT2D eigenvalue weighted by atomic mass is 10.2. The van der Waals surface area contributed by atoms with Gasteiger partial charge in [-0.1, -0.05) is 12.1 Å². The van der Waals surface area contributed by atoms with Crippen LogP contribution in [0.4, 0.5) is 13.2 Å². The first-order chi connectivity index (χ1) is 11.9. The molecule has 2 aliphatic rings. The Bertz CT molecular complexity index is 624. The van der Waals surface area contributed by atoms with Crippen LogP contribution in [0.3, 0.4) is 0 Å². The minimum atomic E-state index is -4.28. The highest BCUT2D eigenvalue weighted by Gasteiger charge is 2.31. The summed E-state index contributed by atoms with van der Waals surface area (Å²) in [6.07, 6.45) is 6.68. The summed E-state index contributed by atoms with van der Waals surface area (Å²) in [4.78, 5) is 16.8. The Morgan fingerprint density at radius 2 is 1.80 bits per heavy atom. The van der Waals surface area contributed by atoms with Crippen molar-refractivity contribution in [3.8, 4) is 0 Å². The van der Waals surface area contributed by atoms with Crippen LogP contribution in [0, 0.1) is 0 Å². The fourth-order valence-corrected chi connectivity index (χ4v) is 3.94. The number of carbonyl (C=O) groups excluding carboxylic acids is 1. The molecule has 0 radical (unpaired) electrons. The molecule has 0 aliphatic carbocycles. The number of rotatable bonds is 4. The van der Waals surface area contributed by atoms with E-state index < -0.39 is 5.51 Å². The number of amides is 1. The number of halogens is 3. The van der Waals surface area contributed by atoms with Gasteiger partial charge in [-0.05, 0) is 67.9 Å². The van der Waals surface area contributed by atoms with Crippen LogP contribution in [0.5, 0.6) is 0 Å². The zero-order chi connectivity index (χ0) is 17.9. The first-order valence-electron chi connectivity index (χ1n) is 8.47. The van der Waals surface area contributed by atoms with Gasteiger partial charge in [0, 0.05) is 30.1 Å². The Labute approximate surface area is 149 Å². The van der Waals surface area contributed by atoms with E-state index in [4.69, 9.17) is 0 Å². The summed E-state index contributed by atoms with van der Waals surface area (Å²) in [6, 6.07) is 6.49. The zero-order valence-electron chi connectivity index (χ0n) is 13.8. The molecular formula is C18H21F3N2OS. The molecule has 136 valence electrons. The number of carbonyl (C=O) groups is 1. The van der Waals surface area contributed by atoms with Crippen molar-refractivity contribution in [2.75, 3.05) is 26.2 Å². The number of nitrogens with zero attached hydrogens (tertiary/aromatic N) is 2. The molecule has 1 aromatic rings. The van der Waals surface area contributed by atoms with Crippen molar-refractivity contribution in [2.45, 2.75) is 35.7 Å². The van der Waals surface area contributed by atoms with Crippen molar-refractivity contribution in [3.05, 3.63) is 35.9 Å². The van der Waals surface area contributed by atoms with E-state index in [0.717, 1.165) is 38.2 Å². The second-order valence-electron chi connectivity index (χ2n) is 6.42. The highest BCUT2D eigenvalue weighted by Crippen LogP contribution is 2.36. The molecule has 25 heavy (non-hydrogen) atoms. The van der Waals surface area contributed by atoms with Gasteiger partial charge in [-0.2, -0.15) is 13.2 Å². The SMILES string of the molecule is O=C(/C=C/c1ccc(SC(F)(F)F)cc1)N1CCC(N2CCCC2)C1. The predicted molar refractivity (Wildman–Crippen MR) is 93.2 cm³/mol. The third-order valence-electron chi connectivity index (χ3n) is 4.66. The number of thioether (sulfide) groups is 1. The lowest BCUT2D eigenvalue weighted by molar-refractivity contribution is -0.125. The number of hydrogen-bond acceptors (Lipinski definition) is 3. The van der Waals surface area contributed by atoms with Gasteiger partial charge >= 0.3 is 5.51 Å². The molecule has 1 unspecified atom stereocenters. The summed E-state index contributed by atoms with van der Waals surface area (Å²) >= 11 is -0.137. The fraction of sp³-hybridized carbons (Fsp3) is 0.500. The molecule has 7 heteroatoms. The highest BCUT2D eigenvalue weighted by atomic mass is 32.2. The molecule has 3 nitrogen and oxygen atoms in total. The molecule has 2 saturated heterocycles. The van der Waals surface area contributed by atoms with E-state index in [1.165, 1.54) is 31.1 Å². The van der Waals surface area contributed by atoms with E-state index in [2.05, 4.69) is 4.90 Å². The van der Waals surface area contributed by atoms with E-state index in [1.54, 1.807) is 18.2 Å². The number of likely N-dealkylation sites (tertiary alicyclic amines) is 2. The average molecular weight is 370 g/mol. The molecule has 1 amide bonds. The van der Waals surface area contributed by atoms with Crippen LogP contribution in [0.2, 0.25) is 0 Å². The third kappa shape index (κ3) is 5.25. The van der Waals surface area contributed by atoms with E-state index >= 15 is 0 Å². The molecule has 1 atom stereocenters. The fourth-order valence-electron chi connectivity index (χ4n) is 3.40. The largest absolute Gasteiger partial charge is 0.446 e. The number of benzene rings is 1. The second kappa shape index (κ2) is 7.83. The van der Waals surface area contributed by atoms with E-state index in [0.29, 0.717) is 6.04 Å². The van der Waals surface area contributed by atoms with Crippen LogP contribution in [-0.4, -0.2) is 53.4 Å². The minimum Gasteiger partial charge on any atom is -0.338 e. The van der Waals surface area contributed by atoms with E-state index in [9.17, 15) is 18.0 Å². The number of hydrogen-bond donors (Lipinski definition) is 0. The Morgan fingerprint density at radius 1 is 1.12 bits per heavy atom. The summed E-state index contributed by atoms with van der Waals surface area (Å²) in [5.74, 6) is -0.0320. The smallest absolute Gasteiger partial charge is 0.338 e. The van der Waals surface area contributed by atoms with Crippen LogP contribution in [0.15, 0.2) is 35.2 Å². The molecule has 1 aromatic carbocycles. The molecule has 0 aromatic heterocycles. The number of alkyl halides is 3. The van der Waals surface area contributed by atoms with E-state index in [-0.39, 0.29) is 22.6 Å². The van der Waals surface area contributed by atoms with Crippen molar-refractivity contribution in [1.29, 1.82) is 0 Å². The monoisotopic (exact) mass is 370 g/mol. The highest BCUT2D eigenvalue weighted by molar-refractivity contribution is 8.00. The maximum Gasteiger partial charge on any atom is 0.446 e. The average Bonchev–Trinajstić information content (AvgIpc) is 3.23. The van der Waals surface area contributed by atoms with Crippen molar-refractivity contribution in [3.63, 3.8) is 0 Å². The minimum absolute atomic E-state index is 0.0320. The van der Waals surface area contributed by atoms with Gasteiger partial charge < -0.3 is 4.90 Å². The Kier molecular flexibility index (Phi) is 5.74. The second-order valence-corrected chi connectivity index (χ2v) is 7.56. The van der Waals surface area contributed by atoms with Gasteiger partial charge in [0.25, 0.3) is 0 Å².